The molecule has 1 aromatic carbocycles. The summed E-state index contributed by atoms with van der Waals surface area (Å²) < 4.78 is 0. The quantitative estimate of drug-likeness (QED) is 0.662. The minimum atomic E-state index is -0.638. The van der Waals surface area contributed by atoms with Crippen molar-refractivity contribution in [1.29, 1.82) is 0 Å². The number of hydrogen-bond acceptors (Lipinski definition) is 3. The van der Waals surface area contributed by atoms with Crippen molar-refractivity contribution in [3.05, 3.63) is 30.3 Å². The Morgan fingerprint density at radius 2 is 1.81 bits per heavy atom. The lowest BCUT2D eigenvalue weighted by Crippen LogP contribution is -2.51. The number of carbonyl (C=O) groups is 2. The highest BCUT2D eigenvalue weighted by molar-refractivity contribution is 5.93. The van der Waals surface area contributed by atoms with Gasteiger partial charge in [-0.15, -0.1) is 12.4 Å². The zero-order valence-electron chi connectivity index (χ0n) is 12.5. The molecule has 7 heteroatoms. The molecule has 1 unspecified atom stereocenters. The van der Waals surface area contributed by atoms with E-state index in [9.17, 15) is 9.59 Å². The summed E-state index contributed by atoms with van der Waals surface area (Å²) in [5, 5.41) is 7.89. The van der Waals surface area contributed by atoms with Crippen LogP contribution in [0, 0.1) is 0 Å². The number of nitrogens with one attached hydrogen (secondary N) is 3. The molecule has 0 saturated heterocycles. The first-order chi connectivity index (χ1) is 9.28. The summed E-state index contributed by atoms with van der Waals surface area (Å²) in [5.74, 6) is -0.272. The maximum absolute atomic E-state index is 11.8. The average Bonchev–Trinajstić information content (AvgIpc) is 2.36. The lowest BCUT2D eigenvalue weighted by Gasteiger charge is -2.21. The molecule has 0 aliphatic rings. The number of halogens is 1. The van der Waals surface area contributed by atoms with Gasteiger partial charge in [0.05, 0.1) is 0 Å². The maximum Gasteiger partial charge on any atom is 0.319 e. The van der Waals surface area contributed by atoms with Crippen LogP contribution in [0.3, 0.4) is 0 Å². The first-order valence-electron chi connectivity index (χ1n) is 6.47. The molecule has 21 heavy (non-hydrogen) atoms. The number of rotatable bonds is 5. The smallest absolute Gasteiger partial charge is 0.319 e. The summed E-state index contributed by atoms with van der Waals surface area (Å²) in [5.41, 5.74) is 5.96. The molecule has 1 atom stereocenters. The number of carbonyl (C=O) groups excluding carboxylic acids is 2. The van der Waals surface area contributed by atoms with Crippen molar-refractivity contribution >= 4 is 30.0 Å². The molecule has 6 nitrogen and oxygen atoms in total. The van der Waals surface area contributed by atoms with E-state index >= 15 is 0 Å². The molecule has 0 radical (unpaired) electrons. The van der Waals surface area contributed by atoms with Crippen LogP contribution >= 0.6 is 12.4 Å². The standard InChI is InChI=1S/C14H22N4O2.ClH/c1-10(12(19)16-9-14(2,3)15)17-13(20)18-11-7-5-4-6-8-11;/h4-8,10H,9,15H2,1-3H3,(H,16,19)(H2,17,18,20);1H. The number of para-hydroxylation sites is 1. The molecule has 0 aliphatic carbocycles. The normalized spacial score (nSPS) is 11.8. The van der Waals surface area contributed by atoms with Crippen molar-refractivity contribution in [2.45, 2.75) is 32.4 Å². The van der Waals surface area contributed by atoms with Gasteiger partial charge >= 0.3 is 6.03 Å². The zero-order chi connectivity index (χ0) is 15.2. The first kappa shape index (κ1) is 19.2. The number of benzene rings is 1. The summed E-state index contributed by atoms with van der Waals surface area (Å²) in [6, 6.07) is 7.95. The summed E-state index contributed by atoms with van der Waals surface area (Å²) >= 11 is 0. The van der Waals surface area contributed by atoms with Crippen LogP contribution < -0.4 is 21.7 Å². The van der Waals surface area contributed by atoms with Gasteiger partial charge in [-0.3, -0.25) is 4.79 Å². The van der Waals surface area contributed by atoms with Gasteiger partial charge in [-0.1, -0.05) is 18.2 Å². The fourth-order valence-electron chi connectivity index (χ4n) is 1.42. The monoisotopic (exact) mass is 314 g/mol. The van der Waals surface area contributed by atoms with Crippen LogP contribution in [0.25, 0.3) is 0 Å². The van der Waals surface area contributed by atoms with Crippen molar-refractivity contribution in [3.63, 3.8) is 0 Å². The molecule has 0 aliphatic heterocycles. The van der Waals surface area contributed by atoms with E-state index in [1.54, 1.807) is 19.1 Å². The Balaban J connectivity index is 0.00000400. The highest BCUT2D eigenvalue weighted by Gasteiger charge is 2.18. The van der Waals surface area contributed by atoms with E-state index in [0.717, 1.165) is 0 Å². The highest BCUT2D eigenvalue weighted by atomic mass is 35.5. The minimum absolute atomic E-state index is 0. The molecule has 1 rings (SSSR count). The molecule has 1 aromatic rings. The second-order valence-corrected chi connectivity index (χ2v) is 5.39. The summed E-state index contributed by atoms with van der Waals surface area (Å²) in [7, 11) is 0. The van der Waals surface area contributed by atoms with Crippen LogP contribution in [-0.4, -0.2) is 30.1 Å². The molecule has 3 amide bonds. The van der Waals surface area contributed by atoms with E-state index in [2.05, 4.69) is 16.0 Å². The predicted octanol–water partition coefficient (Wildman–Crippen LogP) is 1.47. The van der Waals surface area contributed by atoms with Gasteiger partial charge in [0.2, 0.25) is 5.91 Å². The number of hydrogen-bond donors (Lipinski definition) is 4. The van der Waals surface area contributed by atoms with Crippen LogP contribution in [0.1, 0.15) is 20.8 Å². The van der Waals surface area contributed by atoms with Gasteiger partial charge in [0.1, 0.15) is 6.04 Å². The lowest BCUT2D eigenvalue weighted by atomic mass is 10.1. The van der Waals surface area contributed by atoms with Crippen molar-refractivity contribution in [3.8, 4) is 0 Å². The Hall–Kier alpha value is -1.79. The van der Waals surface area contributed by atoms with Crippen LogP contribution in [-0.2, 0) is 4.79 Å². The van der Waals surface area contributed by atoms with Gasteiger partial charge in [-0.05, 0) is 32.9 Å². The second kappa shape index (κ2) is 8.49. The molecular formula is C14H23ClN4O2. The Morgan fingerprint density at radius 3 is 2.33 bits per heavy atom. The Kier molecular flexibility index (Phi) is 7.76. The number of anilines is 1. The van der Waals surface area contributed by atoms with E-state index < -0.39 is 17.6 Å². The molecule has 5 N–H and O–H groups in total. The molecule has 0 spiro atoms. The third-order valence-electron chi connectivity index (χ3n) is 2.49. The third-order valence-corrected chi connectivity index (χ3v) is 2.49. The first-order valence-corrected chi connectivity index (χ1v) is 6.47. The summed E-state index contributed by atoms with van der Waals surface area (Å²) in [6.07, 6.45) is 0. The van der Waals surface area contributed by atoms with Crippen molar-refractivity contribution in [2.24, 2.45) is 5.73 Å². The SMILES string of the molecule is CC(NC(=O)Nc1ccccc1)C(=O)NCC(C)(C)N.Cl. The van der Waals surface area contributed by atoms with Crippen LogP contribution in [0.4, 0.5) is 10.5 Å². The van der Waals surface area contributed by atoms with Crippen molar-refractivity contribution in [1.82, 2.24) is 10.6 Å². The highest BCUT2D eigenvalue weighted by Crippen LogP contribution is 2.04. The Labute approximate surface area is 131 Å². The number of amides is 3. The lowest BCUT2D eigenvalue weighted by molar-refractivity contribution is -0.122. The largest absolute Gasteiger partial charge is 0.353 e. The molecule has 0 aromatic heterocycles. The number of nitrogens with two attached hydrogens (primary N) is 1. The molecule has 0 fully saturated rings. The topological polar surface area (TPSA) is 96.2 Å². The summed E-state index contributed by atoms with van der Waals surface area (Å²) in [6.45, 7) is 5.59. The fraction of sp³-hybridized carbons (Fsp3) is 0.429. The van der Waals surface area contributed by atoms with E-state index in [-0.39, 0.29) is 18.3 Å². The molecule has 0 saturated carbocycles. The zero-order valence-corrected chi connectivity index (χ0v) is 13.3. The summed E-state index contributed by atoms with van der Waals surface area (Å²) in [4.78, 5) is 23.5. The van der Waals surface area contributed by atoms with Gasteiger partial charge in [0, 0.05) is 17.8 Å². The van der Waals surface area contributed by atoms with Gasteiger partial charge in [-0.2, -0.15) is 0 Å². The van der Waals surface area contributed by atoms with Crippen LogP contribution in [0.5, 0.6) is 0 Å². The molecule has 0 heterocycles. The van der Waals surface area contributed by atoms with E-state index in [4.69, 9.17) is 5.73 Å². The minimum Gasteiger partial charge on any atom is -0.353 e. The van der Waals surface area contributed by atoms with Crippen molar-refractivity contribution in [2.75, 3.05) is 11.9 Å². The van der Waals surface area contributed by atoms with Crippen LogP contribution in [0.2, 0.25) is 0 Å². The Morgan fingerprint density at radius 1 is 1.24 bits per heavy atom. The molecular weight excluding hydrogens is 292 g/mol. The van der Waals surface area contributed by atoms with Crippen LogP contribution in [0.15, 0.2) is 30.3 Å². The molecule has 118 valence electrons. The average molecular weight is 315 g/mol. The predicted molar refractivity (Wildman–Crippen MR) is 86.6 cm³/mol. The second-order valence-electron chi connectivity index (χ2n) is 5.39. The number of urea groups is 1. The van der Waals surface area contributed by atoms with Gasteiger partial charge in [0.15, 0.2) is 0 Å². The fourth-order valence-corrected chi connectivity index (χ4v) is 1.42. The van der Waals surface area contributed by atoms with E-state index in [0.29, 0.717) is 12.2 Å². The van der Waals surface area contributed by atoms with Gasteiger partial charge < -0.3 is 21.7 Å². The maximum atomic E-state index is 11.8. The third kappa shape index (κ3) is 8.16. The van der Waals surface area contributed by atoms with Gasteiger partial charge in [-0.25, -0.2) is 4.79 Å². The Bertz CT molecular complexity index is 460. The van der Waals surface area contributed by atoms with E-state index in [1.165, 1.54) is 0 Å². The van der Waals surface area contributed by atoms with Gasteiger partial charge in [0.25, 0.3) is 0 Å². The van der Waals surface area contributed by atoms with Crippen molar-refractivity contribution < 1.29 is 9.59 Å². The molecule has 0 bridgehead atoms. The van der Waals surface area contributed by atoms with E-state index in [1.807, 2.05) is 32.0 Å².